The van der Waals surface area contributed by atoms with Crippen LogP contribution in [0.1, 0.15) is 33.9 Å². The SMILES string of the molecule is Cc1cc(C)c(C(O)c2cc(F)c(F)cc2F)c(C)c1. The fourth-order valence-corrected chi connectivity index (χ4v) is 2.53. The summed E-state index contributed by atoms with van der Waals surface area (Å²) >= 11 is 0. The first-order chi connectivity index (χ1) is 9.31. The van der Waals surface area contributed by atoms with Crippen molar-refractivity contribution in [2.75, 3.05) is 0 Å². The fraction of sp³-hybridized carbons (Fsp3) is 0.250. The quantitative estimate of drug-likeness (QED) is 0.821. The standard InChI is InChI=1S/C16H15F3O/c1-8-4-9(2)15(10(3)5-8)16(20)11-6-13(18)14(19)7-12(11)17/h4-7,16,20H,1-3H3. The van der Waals surface area contributed by atoms with E-state index in [1.54, 1.807) is 13.8 Å². The average molecular weight is 280 g/mol. The molecule has 1 atom stereocenters. The van der Waals surface area contributed by atoms with Crippen LogP contribution in [0.5, 0.6) is 0 Å². The Bertz CT molecular complexity index is 642. The molecule has 2 aromatic carbocycles. The molecule has 0 aliphatic carbocycles. The van der Waals surface area contributed by atoms with E-state index in [2.05, 4.69) is 0 Å². The zero-order valence-electron chi connectivity index (χ0n) is 11.5. The number of aryl methyl sites for hydroxylation is 3. The number of aliphatic hydroxyl groups excluding tert-OH is 1. The maximum absolute atomic E-state index is 13.7. The summed E-state index contributed by atoms with van der Waals surface area (Å²) in [6, 6.07) is 4.85. The van der Waals surface area contributed by atoms with Gasteiger partial charge in [0.2, 0.25) is 0 Å². The van der Waals surface area contributed by atoms with Gasteiger partial charge < -0.3 is 5.11 Å². The van der Waals surface area contributed by atoms with E-state index in [9.17, 15) is 18.3 Å². The molecule has 1 N–H and O–H groups in total. The topological polar surface area (TPSA) is 20.2 Å². The van der Waals surface area contributed by atoms with Crippen molar-refractivity contribution in [3.05, 3.63) is 69.5 Å². The van der Waals surface area contributed by atoms with Crippen molar-refractivity contribution in [3.8, 4) is 0 Å². The molecular weight excluding hydrogens is 265 g/mol. The van der Waals surface area contributed by atoms with Crippen LogP contribution in [0.3, 0.4) is 0 Å². The van der Waals surface area contributed by atoms with Crippen LogP contribution in [0.4, 0.5) is 13.2 Å². The van der Waals surface area contributed by atoms with E-state index in [1.807, 2.05) is 19.1 Å². The van der Waals surface area contributed by atoms with Crippen molar-refractivity contribution >= 4 is 0 Å². The Balaban J connectivity index is 2.57. The molecule has 0 amide bonds. The van der Waals surface area contributed by atoms with Gasteiger partial charge in [0.15, 0.2) is 11.6 Å². The monoisotopic (exact) mass is 280 g/mol. The Morgan fingerprint density at radius 2 is 1.30 bits per heavy atom. The van der Waals surface area contributed by atoms with Crippen LogP contribution in [0.15, 0.2) is 24.3 Å². The van der Waals surface area contributed by atoms with Gasteiger partial charge in [0.25, 0.3) is 0 Å². The Labute approximate surface area is 115 Å². The zero-order chi connectivity index (χ0) is 15.0. The zero-order valence-corrected chi connectivity index (χ0v) is 11.5. The largest absolute Gasteiger partial charge is 0.384 e. The minimum absolute atomic E-state index is 0.265. The van der Waals surface area contributed by atoms with Crippen LogP contribution in [0.25, 0.3) is 0 Å². The minimum atomic E-state index is -1.33. The fourth-order valence-electron chi connectivity index (χ4n) is 2.53. The lowest BCUT2D eigenvalue weighted by Gasteiger charge is -2.18. The maximum Gasteiger partial charge on any atom is 0.161 e. The molecule has 106 valence electrons. The van der Waals surface area contributed by atoms with Crippen molar-refractivity contribution < 1.29 is 18.3 Å². The third-order valence-corrected chi connectivity index (χ3v) is 3.35. The van der Waals surface area contributed by atoms with Gasteiger partial charge in [0.1, 0.15) is 11.9 Å². The second-order valence-electron chi connectivity index (χ2n) is 5.00. The summed E-state index contributed by atoms with van der Waals surface area (Å²) in [6.45, 7) is 5.49. The first-order valence-electron chi connectivity index (χ1n) is 6.21. The summed E-state index contributed by atoms with van der Waals surface area (Å²) in [7, 11) is 0. The van der Waals surface area contributed by atoms with Crippen molar-refractivity contribution in [2.45, 2.75) is 26.9 Å². The highest BCUT2D eigenvalue weighted by Gasteiger charge is 2.21. The van der Waals surface area contributed by atoms with E-state index in [0.29, 0.717) is 17.7 Å². The lowest BCUT2D eigenvalue weighted by Crippen LogP contribution is -2.08. The number of benzene rings is 2. The first-order valence-corrected chi connectivity index (χ1v) is 6.21. The molecule has 2 aromatic rings. The van der Waals surface area contributed by atoms with Crippen LogP contribution >= 0.6 is 0 Å². The van der Waals surface area contributed by atoms with E-state index in [1.165, 1.54) is 0 Å². The van der Waals surface area contributed by atoms with Gasteiger partial charge in [-0.25, -0.2) is 13.2 Å². The van der Waals surface area contributed by atoms with Crippen LogP contribution in [-0.2, 0) is 0 Å². The van der Waals surface area contributed by atoms with Gasteiger partial charge in [-0.05, 0) is 43.5 Å². The van der Waals surface area contributed by atoms with E-state index in [4.69, 9.17) is 0 Å². The van der Waals surface area contributed by atoms with E-state index < -0.39 is 23.6 Å². The molecule has 1 unspecified atom stereocenters. The molecule has 0 saturated carbocycles. The Hall–Kier alpha value is -1.81. The normalized spacial score (nSPS) is 12.6. The summed E-state index contributed by atoms with van der Waals surface area (Å²) in [6.07, 6.45) is -1.33. The second kappa shape index (κ2) is 5.29. The lowest BCUT2D eigenvalue weighted by atomic mass is 9.91. The number of hydrogen-bond acceptors (Lipinski definition) is 1. The van der Waals surface area contributed by atoms with Crippen molar-refractivity contribution in [3.63, 3.8) is 0 Å². The number of halogens is 3. The van der Waals surface area contributed by atoms with Crippen molar-refractivity contribution in [1.82, 2.24) is 0 Å². The molecular formula is C16H15F3O. The first kappa shape index (κ1) is 14.6. The third kappa shape index (κ3) is 2.56. The highest BCUT2D eigenvalue weighted by Crippen LogP contribution is 2.31. The van der Waals surface area contributed by atoms with Gasteiger partial charge in [-0.1, -0.05) is 17.7 Å². The van der Waals surface area contributed by atoms with Crippen molar-refractivity contribution in [1.29, 1.82) is 0 Å². The molecule has 0 heterocycles. The van der Waals surface area contributed by atoms with Crippen LogP contribution in [0.2, 0.25) is 0 Å². The van der Waals surface area contributed by atoms with Crippen LogP contribution in [0, 0.1) is 38.2 Å². The average Bonchev–Trinajstić information content (AvgIpc) is 2.32. The van der Waals surface area contributed by atoms with Crippen molar-refractivity contribution in [2.24, 2.45) is 0 Å². The van der Waals surface area contributed by atoms with Gasteiger partial charge >= 0.3 is 0 Å². The molecule has 0 radical (unpaired) electrons. The highest BCUT2D eigenvalue weighted by atomic mass is 19.2. The Kier molecular flexibility index (Phi) is 3.86. The number of hydrogen-bond donors (Lipinski definition) is 1. The van der Waals surface area contributed by atoms with Gasteiger partial charge in [0.05, 0.1) is 0 Å². The predicted molar refractivity (Wildman–Crippen MR) is 71.0 cm³/mol. The Morgan fingerprint density at radius 3 is 1.85 bits per heavy atom. The summed E-state index contributed by atoms with van der Waals surface area (Å²) in [5.41, 5.74) is 2.82. The van der Waals surface area contributed by atoms with Crippen LogP contribution < -0.4 is 0 Å². The molecule has 0 fully saturated rings. The summed E-state index contributed by atoms with van der Waals surface area (Å²) < 4.78 is 39.9. The molecule has 0 aliphatic rings. The molecule has 0 spiro atoms. The second-order valence-corrected chi connectivity index (χ2v) is 5.00. The summed E-state index contributed by atoms with van der Waals surface area (Å²) in [5, 5.41) is 10.3. The number of aliphatic hydroxyl groups is 1. The van der Waals surface area contributed by atoms with Gasteiger partial charge in [-0.15, -0.1) is 0 Å². The molecule has 2 rings (SSSR count). The molecule has 0 aromatic heterocycles. The smallest absolute Gasteiger partial charge is 0.161 e. The molecule has 0 bridgehead atoms. The highest BCUT2D eigenvalue weighted by molar-refractivity contribution is 5.43. The summed E-state index contributed by atoms with van der Waals surface area (Å²) in [4.78, 5) is 0. The van der Waals surface area contributed by atoms with E-state index in [0.717, 1.165) is 16.7 Å². The number of rotatable bonds is 2. The van der Waals surface area contributed by atoms with Gasteiger partial charge in [-0.3, -0.25) is 0 Å². The third-order valence-electron chi connectivity index (χ3n) is 3.35. The lowest BCUT2D eigenvalue weighted by molar-refractivity contribution is 0.212. The molecule has 0 aliphatic heterocycles. The van der Waals surface area contributed by atoms with E-state index >= 15 is 0 Å². The van der Waals surface area contributed by atoms with E-state index in [-0.39, 0.29) is 5.56 Å². The Morgan fingerprint density at radius 1 is 0.800 bits per heavy atom. The van der Waals surface area contributed by atoms with Gasteiger partial charge in [0, 0.05) is 11.6 Å². The predicted octanol–water partition coefficient (Wildman–Crippen LogP) is 4.11. The molecule has 0 saturated heterocycles. The maximum atomic E-state index is 13.7. The summed E-state index contributed by atoms with van der Waals surface area (Å²) in [5.74, 6) is -3.41. The molecule has 1 nitrogen and oxygen atoms in total. The molecule has 4 heteroatoms. The van der Waals surface area contributed by atoms with Crippen LogP contribution in [-0.4, -0.2) is 5.11 Å². The molecule has 20 heavy (non-hydrogen) atoms. The minimum Gasteiger partial charge on any atom is -0.384 e. The van der Waals surface area contributed by atoms with Gasteiger partial charge in [-0.2, -0.15) is 0 Å².